The minimum atomic E-state index is -3.50. The van der Waals surface area contributed by atoms with Gasteiger partial charge in [0.25, 0.3) is 10.0 Å². The number of hydrogen-bond donors (Lipinski definition) is 0. The van der Waals surface area contributed by atoms with E-state index in [1.807, 2.05) is 6.92 Å². The largest absolute Gasteiger partial charge is 0.341 e. The Morgan fingerprint density at radius 3 is 2.67 bits per heavy atom. The first-order valence-electron chi connectivity index (χ1n) is 6.98. The average molecular weight is 351 g/mol. The van der Waals surface area contributed by atoms with Crippen LogP contribution in [-0.2, 0) is 14.8 Å². The lowest BCUT2D eigenvalue weighted by molar-refractivity contribution is -0.131. The molecule has 0 bridgehead atoms. The molecular weight excluding hydrogens is 332 g/mol. The Labute approximate surface area is 134 Å². The molecule has 1 aromatic rings. The Hall–Kier alpha value is -0.630. The normalized spacial score (nSPS) is 17.7. The quantitative estimate of drug-likeness (QED) is 0.838. The van der Waals surface area contributed by atoms with Crippen molar-refractivity contribution in [1.29, 1.82) is 0 Å². The van der Waals surface area contributed by atoms with Gasteiger partial charge in [0.05, 0.1) is 4.34 Å². The van der Waals surface area contributed by atoms with Crippen LogP contribution < -0.4 is 0 Å². The van der Waals surface area contributed by atoms with Gasteiger partial charge in [-0.2, -0.15) is 4.31 Å². The van der Waals surface area contributed by atoms with Crippen molar-refractivity contribution in [2.45, 2.75) is 30.4 Å². The number of thiophene rings is 1. The van der Waals surface area contributed by atoms with Crippen LogP contribution in [-0.4, -0.2) is 49.7 Å². The second-order valence-electron chi connectivity index (χ2n) is 4.95. The number of halogens is 1. The van der Waals surface area contributed by atoms with E-state index in [-0.39, 0.29) is 10.1 Å². The van der Waals surface area contributed by atoms with E-state index >= 15 is 0 Å². The molecule has 0 atom stereocenters. The Kier molecular flexibility index (Phi) is 5.65. The fourth-order valence-electron chi connectivity index (χ4n) is 2.32. The number of rotatable bonds is 4. The summed E-state index contributed by atoms with van der Waals surface area (Å²) >= 11 is 6.89. The summed E-state index contributed by atoms with van der Waals surface area (Å²) in [5.74, 6) is 0.107. The van der Waals surface area contributed by atoms with Crippen LogP contribution in [0.5, 0.6) is 0 Å². The first kappa shape index (κ1) is 16.7. The van der Waals surface area contributed by atoms with Crippen LogP contribution in [0.4, 0.5) is 0 Å². The lowest BCUT2D eigenvalue weighted by Gasteiger charge is -2.21. The minimum absolute atomic E-state index is 0.107. The van der Waals surface area contributed by atoms with Crippen molar-refractivity contribution in [3.63, 3.8) is 0 Å². The Balaban J connectivity index is 2.07. The molecule has 5 nitrogen and oxygen atoms in total. The summed E-state index contributed by atoms with van der Waals surface area (Å²) in [6.07, 6.45) is 1.99. The summed E-state index contributed by atoms with van der Waals surface area (Å²) in [5.41, 5.74) is 0. The van der Waals surface area contributed by atoms with E-state index in [1.165, 1.54) is 10.4 Å². The van der Waals surface area contributed by atoms with Crippen molar-refractivity contribution in [1.82, 2.24) is 9.21 Å². The maximum atomic E-state index is 12.5. The van der Waals surface area contributed by atoms with Crippen LogP contribution in [0.3, 0.4) is 0 Å². The van der Waals surface area contributed by atoms with E-state index in [4.69, 9.17) is 11.6 Å². The predicted octanol–water partition coefficient (Wildman–Crippen LogP) is 2.42. The highest BCUT2D eigenvalue weighted by Gasteiger charge is 2.29. The fourth-order valence-corrected chi connectivity index (χ4v) is 5.43. The van der Waals surface area contributed by atoms with Crippen molar-refractivity contribution in [2.75, 3.05) is 26.2 Å². The smallest absolute Gasteiger partial charge is 0.252 e. The molecule has 21 heavy (non-hydrogen) atoms. The molecule has 1 aliphatic heterocycles. The van der Waals surface area contributed by atoms with E-state index in [1.54, 1.807) is 11.0 Å². The molecule has 8 heteroatoms. The lowest BCUT2D eigenvalue weighted by atomic mass is 10.3. The van der Waals surface area contributed by atoms with E-state index in [9.17, 15) is 13.2 Å². The van der Waals surface area contributed by atoms with Gasteiger partial charge in [-0.1, -0.05) is 18.5 Å². The van der Waals surface area contributed by atoms with E-state index in [0.717, 1.165) is 17.8 Å². The molecule has 0 unspecified atom stereocenters. The molecule has 1 fully saturated rings. The van der Waals surface area contributed by atoms with Crippen molar-refractivity contribution in [2.24, 2.45) is 0 Å². The molecule has 0 radical (unpaired) electrons. The summed E-state index contributed by atoms with van der Waals surface area (Å²) < 4.78 is 27.2. The molecule has 118 valence electrons. The number of carbonyl (C=O) groups excluding carboxylic acids is 1. The third-order valence-electron chi connectivity index (χ3n) is 3.41. The highest BCUT2D eigenvalue weighted by Crippen LogP contribution is 2.28. The van der Waals surface area contributed by atoms with Gasteiger partial charge in [0.15, 0.2) is 0 Å². The highest BCUT2D eigenvalue weighted by molar-refractivity contribution is 7.91. The van der Waals surface area contributed by atoms with Gasteiger partial charge < -0.3 is 4.90 Å². The molecule has 1 aliphatic rings. The van der Waals surface area contributed by atoms with Crippen LogP contribution in [0.15, 0.2) is 16.3 Å². The average Bonchev–Trinajstić information content (AvgIpc) is 2.74. The van der Waals surface area contributed by atoms with E-state index in [0.29, 0.717) is 43.4 Å². The zero-order valence-electron chi connectivity index (χ0n) is 11.9. The lowest BCUT2D eigenvalue weighted by Crippen LogP contribution is -2.37. The zero-order chi connectivity index (χ0) is 15.5. The molecule has 1 saturated heterocycles. The SMILES string of the molecule is CCCC(=O)N1CCCN(S(=O)(=O)c2ccc(Cl)s2)CC1. The molecule has 1 aromatic heterocycles. The second-order valence-corrected chi connectivity index (χ2v) is 8.83. The van der Waals surface area contributed by atoms with Gasteiger partial charge in [-0.15, -0.1) is 11.3 Å². The van der Waals surface area contributed by atoms with Crippen molar-refractivity contribution >= 4 is 38.9 Å². The van der Waals surface area contributed by atoms with E-state index < -0.39 is 10.0 Å². The van der Waals surface area contributed by atoms with Crippen LogP contribution in [0, 0.1) is 0 Å². The van der Waals surface area contributed by atoms with E-state index in [2.05, 4.69) is 0 Å². The van der Waals surface area contributed by atoms with Crippen molar-refractivity contribution in [3.8, 4) is 0 Å². The predicted molar refractivity (Wildman–Crippen MR) is 84.2 cm³/mol. The Bertz CT molecular complexity index is 600. The fraction of sp³-hybridized carbons (Fsp3) is 0.615. The second kappa shape index (κ2) is 7.09. The Morgan fingerprint density at radius 1 is 1.29 bits per heavy atom. The van der Waals surface area contributed by atoms with Gasteiger partial charge in [0.2, 0.25) is 5.91 Å². The summed E-state index contributed by atoms with van der Waals surface area (Å²) in [6.45, 7) is 3.82. The number of amides is 1. The maximum Gasteiger partial charge on any atom is 0.252 e. The number of carbonyl (C=O) groups is 1. The third kappa shape index (κ3) is 3.97. The molecule has 2 heterocycles. The van der Waals surface area contributed by atoms with Crippen molar-refractivity contribution in [3.05, 3.63) is 16.5 Å². The zero-order valence-corrected chi connectivity index (χ0v) is 14.3. The molecular formula is C13H19ClN2O3S2. The minimum Gasteiger partial charge on any atom is -0.341 e. The molecule has 0 N–H and O–H groups in total. The standard InChI is InChI=1S/C13H19ClN2O3S2/c1-2-4-12(17)15-7-3-8-16(10-9-15)21(18,19)13-6-5-11(14)20-13/h5-6H,2-4,7-10H2,1H3. The molecule has 0 spiro atoms. The number of hydrogen-bond acceptors (Lipinski definition) is 4. The highest BCUT2D eigenvalue weighted by atomic mass is 35.5. The van der Waals surface area contributed by atoms with Gasteiger partial charge >= 0.3 is 0 Å². The van der Waals surface area contributed by atoms with Crippen LogP contribution >= 0.6 is 22.9 Å². The topological polar surface area (TPSA) is 57.7 Å². The first-order chi connectivity index (χ1) is 9.95. The molecule has 0 aliphatic carbocycles. The van der Waals surface area contributed by atoms with Crippen molar-refractivity contribution < 1.29 is 13.2 Å². The van der Waals surface area contributed by atoms with Gasteiger partial charge in [-0.05, 0) is 25.0 Å². The van der Waals surface area contributed by atoms with Gasteiger partial charge in [-0.25, -0.2) is 8.42 Å². The summed E-state index contributed by atoms with van der Waals surface area (Å²) in [7, 11) is -3.50. The summed E-state index contributed by atoms with van der Waals surface area (Å²) in [4.78, 5) is 13.7. The summed E-state index contributed by atoms with van der Waals surface area (Å²) in [5, 5.41) is 0. The monoisotopic (exact) mass is 350 g/mol. The van der Waals surface area contributed by atoms with Crippen LogP contribution in [0.2, 0.25) is 4.34 Å². The van der Waals surface area contributed by atoms with Crippen LogP contribution in [0.1, 0.15) is 26.2 Å². The number of sulfonamides is 1. The molecule has 0 saturated carbocycles. The Morgan fingerprint density at radius 2 is 2.05 bits per heavy atom. The van der Waals surface area contributed by atoms with Crippen LogP contribution in [0.25, 0.3) is 0 Å². The molecule has 2 rings (SSSR count). The summed E-state index contributed by atoms with van der Waals surface area (Å²) in [6, 6.07) is 3.13. The number of nitrogens with zero attached hydrogens (tertiary/aromatic N) is 2. The first-order valence-corrected chi connectivity index (χ1v) is 9.62. The maximum absolute atomic E-state index is 12.5. The molecule has 1 amide bonds. The third-order valence-corrected chi connectivity index (χ3v) is 7.01. The van der Waals surface area contributed by atoms with Gasteiger partial charge in [-0.3, -0.25) is 4.79 Å². The molecule has 0 aromatic carbocycles. The van der Waals surface area contributed by atoms with Gasteiger partial charge in [0, 0.05) is 32.6 Å². The van der Waals surface area contributed by atoms with Gasteiger partial charge in [0.1, 0.15) is 4.21 Å².